The van der Waals surface area contributed by atoms with E-state index in [1.54, 1.807) is 31.1 Å². The first-order valence-corrected chi connectivity index (χ1v) is 11.6. The molecule has 0 fully saturated rings. The Balaban J connectivity index is 1.42. The van der Waals surface area contributed by atoms with Crippen molar-refractivity contribution < 1.29 is 9.21 Å². The van der Waals surface area contributed by atoms with Gasteiger partial charge < -0.3 is 4.42 Å². The van der Waals surface area contributed by atoms with Crippen molar-refractivity contribution in [2.45, 2.75) is 16.7 Å². The monoisotopic (exact) mass is 466 g/mol. The quantitative estimate of drug-likeness (QED) is 0.290. The first-order chi connectivity index (χ1) is 16.6. The number of amides is 1. The molecule has 0 saturated heterocycles. The lowest BCUT2D eigenvalue weighted by molar-refractivity contribution is 0.0986. The summed E-state index contributed by atoms with van der Waals surface area (Å²) in [6.45, 7) is 1.86. The van der Waals surface area contributed by atoms with Gasteiger partial charge in [0, 0.05) is 40.7 Å². The van der Waals surface area contributed by atoms with Crippen molar-refractivity contribution in [1.82, 2.24) is 14.8 Å². The molecule has 3 aromatic heterocycles. The van der Waals surface area contributed by atoms with Crippen LogP contribution in [-0.2, 0) is 0 Å². The standard InChI is InChI=1S/C27H22N4O2S/c1-19-10-13-26(33-19)30(2)27(32)23-8-3-4-9-25(23)34-22-12-11-20-18-29-31(24(20)17-22)16-14-21-7-5-6-15-28-21/h3-18H,1-2H3. The molecule has 0 aliphatic heterocycles. The van der Waals surface area contributed by atoms with Crippen LogP contribution < -0.4 is 4.90 Å². The molecule has 0 bridgehead atoms. The minimum Gasteiger partial charge on any atom is -0.445 e. The Hall–Kier alpha value is -4.10. The molecule has 0 atom stereocenters. The van der Waals surface area contributed by atoms with Gasteiger partial charge in [0.2, 0.25) is 5.88 Å². The molecule has 0 aliphatic rings. The highest BCUT2D eigenvalue weighted by Crippen LogP contribution is 2.33. The topological polar surface area (TPSA) is 64.2 Å². The summed E-state index contributed by atoms with van der Waals surface area (Å²) in [5, 5.41) is 5.52. The minimum absolute atomic E-state index is 0.123. The minimum atomic E-state index is -0.123. The largest absolute Gasteiger partial charge is 0.445 e. The lowest BCUT2D eigenvalue weighted by atomic mass is 10.2. The number of hydrogen-bond donors (Lipinski definition) is 0. The maximum absolute atomic E-state index is 13.2. The van der Waals surface area contributed by atoms with Crippen LogP contribution >= 0.6 is 11.8 Å². The molecule has 1 amide bonds. The van der Waals surface area contributed by atoms with Crippen molar-refractivity contribution in [1.29, 1.82) is 0 Å². The van der Waals surface area contributed by atoms with Gasteiger partial charge in [0.05, 0.1) is 23.0 Å². The van der Waals surface area contributed by atoms with Gasteiger partial charge in [0.25, 0.3) is 5.91 Å². The second kappa shape index (κ2) is 9.41. The molecule has 0 N–H and O–H groups in total. The fourth-order valence-electron chi connectivity index (χ4n) is 3.56. The van der Waals surface area contributed by atoms with Crippen molar-refractivity contribution in [3.63, 3.8) is 0 Å². The van der Waals surface area contributed by atoms with E-state index in [4.69, 9.17) is 4.42 Å². The number of aromatic nitrogens is 3. The van der Waals surface area contributed by atoms with E-state index >= 15 is 0 Å². The summed E-state index contributed by atoms with van der Waals surface area (Å²) >= 11 is 1.55. The molecule has 0 aliphatic carbocycles. The van der Waals surface area contributed by atoms with Crippen LogP contribution in [0.5, 0.6) is 0 Å². The molecule has 0 unspecified atom stereocenters. The molecule has 5 rings (SSSR count). The van der Waals surface area contributed by atoms with Crippen LogP contribution in [-0.4, -0.2) is 27.7 Å². The molecular formula is C27H22N4O2S. The maximum atomic E-state index is 13.2. The van der Waals surface area contributed by atoms with Crippen molar-refractivity contribution >= 4 is 46.7 Å². The number of carbonyl (C=O) groups is 1. The van der Waals surface area contributed by atoms with E-state index < -0.39 is 0 Å². The summed E-state index contributed by atoms with van der Waals surface area (Å²) in [4.78, 5) is 21.0. The van der Waals surface area contributed by atoms with Crippen LogP contribution in [0.15, 0.2) is 99.4 Å². The number of fused-ring (bicyclic) bond motifs is 1. The number of nitrogens with zero attached hydrogens (tertiary/aromatic N) is 4. The Labute approximate surface area is 201 Å². The molecule has 0 spiro atoms. The van der Waals surface area contributed by atoms with E-state index in [-0.39, 0.29) is 5.91 Å². The molecule has 168 valence electrons. The van der Waals surface area contributed by atoms with Gasteiger partial charge in [-0.25, -0.2) is 4.68 Å². The second-order valence-corrected chi connectivity index (χ2v) is 8.84. The Kier molecular flexibility index (Phi) is 6.01. The fraction of sp³-hybridized carbons (Fsp3) is 0.0741. The molecule has 3 heterocycles. The zero-order valence-corrected chi connectivity index (χ0v) is 19.6. The number of rotatable bonds is 6. The second-order valence-electron chi connectivity index (χ2n) is 7.73. The van der Waals surface area contributed by atoms with Gasteiger partial charge in [-0.2, -0.15) is 5.10 Å². The molecular weight excluding hydrogens is 444 g/mol. The van der Waals surface area contributed by atoms with Crippen molar-refractivity contribution in [2.24, 2.45) is 0 Å². The third-order valence-electron chi connectivity index (χ3n) is 5.35. The summed E-state index contributed by atoms with van der Waals surface area (Å²) in [5.74, 6) is 1.16. The van der Waals surface area contributed by atoms with E-state index in [0.717, 1.165) is 32.1 Å². The van der Waals surface area contributed by atoms with Gasteiger partial charge in [-0.05, 0) is 55.5 Å². The molecule has 6 nitrogen and oxygen atoms in total. The molecule has 2 aromatic carbocycles. The van der Waals surface area contributed by atoms with Gasteiger partial charge in [-0.3, -0.25) is 14.7 Å². The van der Waals surface area contributed by atoms with E-state index in [1.165, 1.54) is 4.90 Å². The summed E-state index contributed by atoms with van der Waals surface area (Å²) < 4.78 is 7.46. The van der Waals surface area contributed by atoms with Crippen LogP contribution in [0, 0.1) is 6.92 Å². The Morgan fingerprint density at radius 2 is 1.91 bits per heavy atom. The highest BCUT2D eigenvalue weighted by Gasteiger charge is 2.19. The average Bonchev–Trinajstić information content (AvgIpc) is 3.48. The van der Waals surface area contributed by atoms with Crippen LogP contribution in [0.25, 0.3) is 23.2 Å². The van der Waals surface area contributed by atoms with E-state index in [1.807, 2.05) is 90.7 Å². The van der Waals surface area contributed by atoms with E-state index in [2.05, 4.69) is 16.1 Å². The number of hydrogen-bond acceptors (Lipinski definition) is 5. The number of pyridine rings is 1. The molecule has 5 aromatic rings. The predicted molar refractivity (Wildman–Crippen MR) is 136 cm³/mol. The molecule has 7 heteroatoms. The lowest BCUT2D eigenvalue weighted by Gasteiger charge is -2.16. The number of furan rings is 1. The highest BCUT2D eigenvalue weighted by molar-refractivity contribution is 7.99. The summed E-state index contributed by atoms with van der Waals surface area (Å²) in [5.41, 5.74) is 2.46. The molecule has 0 radical (unpaired) electrons. The van der Waals surface area contributed by atoms with Crippen LogP contribution in [0.4, 0.5) is 5.88 Å². The van der Waals surface area contributed by atoms with Crippen LogP contribution in [0.2, 0.25) is 0 Å². The normalized spacial score (nSPS) is 11.4. The third kappa shape index (κ3) is 4.51. The van der Waals surface area contributed by atoms with E-state index in [0.29, 0.717) is 11.4 Å². The lowest BCUT2D eigenvalue weighted by Crippen LogP contribution is -2.26. The zero-order chi connectivity index (χ0) is 23.5. The summed E-state index contributed by atoms with van der Waals surface area (Å²) in [6, 6.07) is 23.2. The SMILES string of the molecule is Cc1ccc(N(C)C(=O)c2ccccc2Sc2ccc3cnn(C=Cc4ccccn4)c3c2)o1. The zero-order valence-electron chi connectivity index (χ0n) is 18.8. The van der Waals surface area contributed by atoms with Gasteiger partial charge in [-0.15, -0.1) is 0 Å². The number of anilines is 1. The average molecular weight is 467 g/mol. The molecule has 34 heavy (non-hydrogen) atoms. The van der Waals surface area contributed by atoms with E-state index in [9.17, 15) is 4.79 Å². The summed E-state index contributed by atoms with van der Waals surface area (Å²) in [6.07, 6.45) is 7.42. The van der Waals surface area contributed by atoms with Gasteiger partial charge in [0.1, 0.15) is 5.76 Å². The predicted octanol–water partition coefficient (Wildman–Crippen LogP) is 6.39. The van der Waals surface area contributed by atoms with Crippen molar-refractivity contribution in [3.8, 4) is 0 Å². The number of benzene rings is 2. The molecule has 0 saturated carbocycles. The Bertz CT molecular complexity index is 1490. The van der Waals surface area contributed by atoms with Crippen LogP contribution in [0.3, 0.4) is 0 Å². The Morgan fingerprint density at radius 1 is 1.06 bits per heavy atom. The van der Waals surface area contributed by atoms with Gasteiger partial charge >= 0.3 is 0 Å². The van der Waals surface area contributed by atoms with Crippen molar-refractivity contribution in [2.75, 3.05) is 11.9 Å². The van der Waals surface area contributed by atoms with Crippen molar-refractivity contribution in [3.05, 3.63) is 102 Å². The van der Waals surface area contributed by atoms with Gasteiger partial charge in [0.15, 0.2) is 0 Å². The Morgan fingerprint density at radius 3 is 2.71 bits per heavy atom. The summed E-state index contributed by atoms with van der Waals surface area (Å²) in [7, 11) is 1.72. The maximum Gasteiger partial charge on any atom is 0.261 e. The first-order valence-electron chi connectivity index (χ1n) is 10.8. The van der Waals surface area contributed by atoms with Gasteiger partial charge in [-0.1, -0.05) is 36.0 Å². The number of aryl methyl sites for hydroxylation is 1. The highest BCUT2D eigenvalue weighted by atomic mass is 32.2. The number of carbonyl (C=O) groups excluding carboxylic acids is 1. The van der Waals surface area contributed by atoms with Crippen LogP contribution in [0.1, 0.15) is 21.8 Å². The smallest absolute Gasteiger partial charge is 0.261 e. The third-order valence-corrected chi connectivity index (χ3v) is 6.42. The first kappa shape index (κ1) is 21.7. The fourth-order valence-corrected chi connectivity index (χ4v) is 4.54.